The smallest absolute Gasteiger partial charge is 0.119 e. The average molecular weight is 275 g/mol. The second-order valence-corrected chi connectivity index (χ2v) is 4.80. The number of ether oxygens (including phenoxy) is 1. The fourth-order valence-electron chi connectivity index (χ4n) is 2.33. The van der Waals surface area contributed by atoms with E-state index in [4.69, 9.17) is 14.9 Å². The summed E-state index contributed by atoms with van der Waals surface area (Å²) in [7, 11) is 1.63. The molecule has 2 atom stereocenters. The number of aryl methyl sites for hydroxylation is 1. The lowest BCUT2D eigenvalue weighted by molar-refractivity contribution is 0.134. The van der Waals surface area contributed by atoms with Crippen LogP contribution in [0.1, 0.15) is 23.7 Å². The van der Waals surface area contributed by atoms with Gasteiger partial charge in [0.25, 0.3) is 0 Å². The van der Waals surface area contributed by atoms with Gasteiger partial charge in [-0.2, -0.15) is 0 Å². The lowest BCUT2D eigenvalue weighted by Gasteiger charge is -2.22. The minimum atomic E-state index is -0.503. The highest BCUT2D eigenvalue weighted by Crippen LogP contribution is 2.25. The molecular weight excluding hydrogens is 254 g/mol. The molecule has 2 rings (SSSR count). The molecule has 108 valence electrons. The molecule has 0 fully saturated rings. The molecule has 0 amide bonds. The van der Waals surface area contributed by atoms with Crippen molar-refractivity contribution in [2.75, 3.05) is 13.7 Å². The molecule has 3 N–H and O–H groups in total. The molecular formula is C16H21NO3. The summed E-state index contributed by atoms with van der Waals surface area (Å²) in [6, 6.07) is 11.5. The summed E-state index contributed by atoms with van der Waals surface area (Å²) < 4.78 is 10.5. The van der Waals surface area contributed by atoms with Crippen LogP contribution < -0.4 is 10.5 Å². The van der Waals surface area contributed by atoms with Crippen LogP contribution in [0.15, 0.2) is 47.1 Å². The standard InChI is InChI=1S/C16H21NO3/c1-19-14-5-2-4-12(10-14)15(11-17)16(18)8-7-13-6-3-9-20-13/h2-6,9-10,15-16,18H,7-8,11,17H2,1H3. The highest BCUT2D eigenvalue weighted by Gasteiger charge is 2.20. The van der Waals surface area contributed by atoms with Crippen molar-refractivity contribution in [1.82, 2.24) is 0 Å². The van der Waals surface area contributed by atoms with Crippen molar-refractivity contribution in [1.29, 1.82) is 0 Å². The van der Waals surface area contributed by atoms with Gasteiger partial charge in [0.05, 0.1) is 19.5 Å². The van der Waals surface area contributed by atoms with Crippen LogP contribution in [0.3, 0.4) is 0 Å². The van der Waals surface area contributed by atoms with Gasteiger partial charge in [-0.05, 0) is 36.2 Å². The van der Waals surface area contributed by atoms with E-state index in [-0.39, 0.29) is 5.92 Å². The summed E-state index contributed by atoms with van der Waals surface area (Å²) in [4.78, 5) is 0. The molecule has 1 heterocycles. The van der Waals surface area contributed by atoms with Gasteiger partial charge in [-0.25, -0.2) is 0 Å². The zero-order chi connectivity index (χ0) is 14.4. The Balaban J connectivity index is 2.02. The number of benzene rings is 1. The molecule has 0 aliphatic carbocycles. The minimum absolute atomic E-state index is 0.0972. The van der Waals surface area contributed by atoms with Crippen molar-refractivity contribution in [2.45, 2.75) is 24.9 Å². The molecule has 20 heavy (non-hydrogen) atoms. The highest BCUT2D eigenvalue weighted by atomic mass is 16.5. The molecule has 4 heteroatoms. The first kappa shape index (κ1) is 14.6. The predicted octanol–water partition coefficient (Wildman–Crippen LogP) is 2.32. The first-order chi connectivity index (χ1) is 9.74. The van der Waals surface area contributed by atoms with Crippen LogP contribution in [-0.2, 0) is 6.42 Å². The van der Waals surface area contributed by atoms with Crippen LogP contribution in [0.2, 0.25) is 0 Å². The molecule has 0 radical (unpaired) electrons. The zero-order valence-electron chi connectivity index (χ0n) is 11.7. The van der Waals surface area contributed by atoms with Crippen LogP contribution >= 0.6 is 0 Å². The quantitative estimate of drug-likeness (QED) is 0.813. The average Bonchev–Trinajstić information content (AvgIpc) is 2.99. The Morgan fingerprint density at radius 3 is 2.80 bits per heavy atom. The van der Waals surface area contributed by atoms with Crippen molar-refractivity contribution in [3.63, 3.8) is 0 Å². The number of rotatable bonds is 7. The van der Waals surface area contributed by atoms with Crippen LogP contribution in [0.25, 0.3) is 0 Å². The summed E-state index contributed by atoms with van der Waals surface area (Å²) in [6.45, 7) is 0.395. The number of methoxy groups -OCH3 is 1. The van der Waals surface area contributed by atoms with Crippen LogP contribution in [0.4, 0.5) is 0 Å². The summed E-state index contributed by atoms with van der Waals surface area (Å²) in [5, 5.41) is 10.4. The maximum atomic E-state index is 10.4. The van der Waals surface area contributed by atoms with Gasteiger partial charge in [0.1, 0.15) is 11.5 Å². The third-order valence-electron chi connectivity index (χ3n) is 3.51. The third-order valence-corrected chi connectivity index (χ3v) is 3.51. The van der Waals surface area contributed by atoms with Gasteiger partial charge in [0.15, 0.2) is 0 Å². The molecule has 2 aromatic rings. The van der Waals surface area contributed by atoms with Crippen molar-refractivity contribution in [2.24, 2.45) is 5.73 Å². The number of nitrogens with two attached hydrogens (primary N) is 1. The minimum Gasteiger partial charge on any atom is -0.497 e. The Kier molecular flexibility index (Phi) is 5.21. The molecule has 0 saturated heterocycles. The Morgan fingerprint density at radius 2 is 2.15 bits per heavy atom. The van der Waals surface area contributed by atoms with Gasteiger partial charge in [-0.15, -0.1) is 0 Å². The van der Waals surface area contributed by atoms with E-state index in [2.05, 4.69) is 0 Å². The number of hydrogen-bond donors (Lipinski definition) is 2. The van der Waals surface area contributed by atoms with Crippen LogP contribution in [-0.4, -0.2) is 24.9 Å². The second kappa shape index (κ2) is 7.12. The van der Waals surface area contributed by atoms with Gasteiger partial charge in [0.2, 0.25) is 0 Å². The Morgan fingerprint density at radius 1 is 1.30 bits per heavy atom. The van der Waals surface area contributed by atoms with E-state index in [1.165, 1.54) is 0 Å². The van der Waals surface area contributed by atoms with Gasteiger partial charge in [0, 0.05) is 18.9 Å². The summed E-state index contributed by atoms with van der Waals surface area (Å²) in [5.74, 6) is 1.56. The van der Waals surface area contributed by atoms with Crippen molar-refractivity contribution in [3.05, 3.63) is 54.0 Å². The van der Waals surface area contributed by atoms with E-state index in [0.717, 1.165) is 17.1 Å². The lowest BCUT2D eigenvalue weighted by Crippen LogP contribution is -2.26. The zero-order valence-corrected chi connectivity index (χ0v) is 11.7. The van der Waals surface area contributed by atoms with E-state index < -0.39 is 6.10 Å². The molecule has 0 aliphatic heterocycles. The molecule has 0 spiro atoms. The number of aliphatic hydroxyl groups is 1. The van der Waals surface area contributed by atoms with Crippen molar-refractivity contribution in [3.8, 4) is 5.75 Å². The lowest BCUT2D eigenvalue weighted by atomic mass is 9.90. The first-order valence-corrected chi connectivity index (χ1v) is 6.79. The molecule has 1 aromatic heterocycles. The Bertz CT molecular complexity index is 510. The Hall–Kier alpha value is -1.78. The van der Waals surface area contributed by atoms with Gasteiger partial charge >= 0.3 is 0 Å². The van der Waals surface area contributed by atoms with Gasteiger partial charge < -0.3 is 20.0 Å². The highest BCUT2D eigenvalue weighted by molar-refractivity contribution is 5.31. The van der Waals surface area contributed by atoms with Crippen molar-refractivity contribution >= 4 is 0 Å². The van der Waals surface area contributed by atoms with E-state index in [0.29, 0.717) is 19.4 Å². The normalized spacial score (nSPS) is 13.9. The summed E-state index contributed by atoms with van der Waals surface area (Å²) in [5.41, 5.74) is 6.82. The van der Waals surface area contributed by atoms with Gasteiger partial charge in [-0.1, -0.05) is 12.1 Å². The monoisotopic (exact) mass is 275 g/mol. The molecule has 0 aliphatic rings. The van der Waals surface area contributed by atoms with Gasteiger partial charge in [-0.3, -0.25) is 0 Å². The topological polar surface area (TPSA) is 68.6 Å². The third kappa shape index (κ3) is 3.62. The van der Waals surface area contributed by atoms with Crippen LogP contribution in [0.5, 0.6) is 5.75 Å². The number of hydrogen-bond acceptors (Lipinski definition) is 4. The summed E-state index contributed by atoms with van der Waals surface area (Å²) in [6.07, 6.45) is 2.46. The Labute approximate surface area is 119 Å². The maximum Gasteiger partial charge on any atom is 0.119 e. The number of aliphatic hydroxyl groups excluding tert-OH is 1. The fourth-order valence-corrected chi connectivity index (χ4v) is 2.33. The first-order valence-electron chi connectivity index (χ1n) is 6.79. The SMILES string of the molecule is COc1cccc(C(CN)C(O)CCc2ccco2)c1. The molecule has 4 nitrogen and oxygen atoms in total. The van der Waals surface area contributed by atoms with Crippen molar-refractivity contribution < 1.29 is 14.3 Å². The maximum absolute atomic E-state index is 10.4. The second-order valence-electron chi connectivity index (χ2n) is 4.80. The van der Waals surface area contributed by atoms with E-state index in [1.54, 1.807) is 13.4 Å². The van der Waals surface area contributed by atoms with E-state index in [1.807, 2.05) is 36.4 Å². The number of furan rings is 1. The van der Waals surface area contributed by atoms with Crippen LogP contribution in [0, 0.1) is 0 Å². The fraction of sp³-hybridized carbons (Fsp3) is 0.375. The molecule has 2 unspecified atom stereocenters. The summed E-state index contributed by atoms with van der Waals surface area (Å²) >= 11 is 0. The molecule has 0 bridgehead atoms. The van der Waals surface area contributed by atoms with E-state index >= 15 is 0 Å². The molecule has 1 aromatic carbocycles. The molecule has 0 saturated carbocycles. The van der Waals surface area contributed by atoms with E-state index in [9.17, 15) is 5.11 Å². The largest absolute Gasteiger partial charge is 0.497 e. The predicted molar refractivity (Wildman–Crippen MR) is 77.8 cm³/mol.